The molecule has 23 heavy (non-hydrogen) atoms. The van der Waals surface area contributed by atoms with Gasteiger partial charge in [0.05, 0.1) is 13.2 Å². The maximum atomic E-state index is 6.33. The normalized spacial score (nSPS) is 12.7. The minimum absolute atomic E-state index is 0.457. The van der Waals surface area contributed by atoms with Crippen LogP contribution < -0.4 is 0 Å². The quantitative estimate of drug-likeness (QED) is 0.694. The zero-order valence-electron chi connectivity index (χ0n) is 14.2. The van der Waals surface area contributed by atoms with Crippen LogP contribution in [0.25, 0.3) is 0 Å². The lowest BCUT2D eigenvalue weighted by molar-refractivity contribution is 0.168. The predicted octanol–water partition coefficient (Wildman–Crippen LogP) is 3.98. The number of hydrogen-bond donors (Lipinski definition) is 0. The van der Waals surface area contributed by atoms with Crippen LogP contribution in [0.1, 0.15) is 31.7 Å². The minimum atomic E-state index is 0.457. The molecule has 4 nitrogen and oxygen atoms in total. The third-order valence-corrected chi connectivity index (χ3v) is 4.60. The minimum Gasteiger partial charge on any atom is -0.383 e. The molecule has 0 aliphatic heterocycles. The van der Waals surface area contributed by atoms with Crippen molar-refractivity contribution in [3.63, 3.8) is 0 Å². The average Bonchev–Trinajstić information content (AvgIpc) is 3.00. The van der Waals surface area contributed by atoms with Gasteiger partial charge in [0.1, 0.15) is 5.82 Å². The van der Waals surface area contributed by atoms with E-state index in [0.29, 0.717) is 12.6 Å². The molecule has 0 aliphatic carbocycles. The summed E-state index contributed by atoms with van der Waals surface area (Å²) < 4.78 is 7.33. The molecule has 1 aromatic heterocycles. The van der Waals surface area contributed by atoms with E-state index in [1.807, 2.05) is 30.6 Å². The van der Waals surface area contributed by atoms with Crippen molar-refractivity contribution in [3.05, 3.63) is 53.1 Å². The molecule has 0 amide bonds. The van der Waals surface area contributed by atoms with Gasteiger partial charge in [0.2, 0.25) is 0 Å². The molecule has 2 rings (SSSR count). The average molecular weight is 336 g/mol. The monoisotopic (exact) mass is 335 g/mol. The van der Waals surface area contributed by atoms with Gasteiger partial charge < -0.3 is 9.30 Å². The molecule has 1 atom stereocenters. The zero-order valence-corrected chi connectivity index (χ0v) is 15.0. The first-order valence-electron chi connectivity index (χ1n) is 8.12. The number of ether oxygens (including phenoxy) is 1. The van der Waals surface area contributed by atoms with Crippen LogP contribution in [-0.4, -0.2) is 34.2 Å². The van der Waals surface area contributed by atoms with Crippen LogP contribution >= 0.6 is 11.6 Å². The number of rotatable bonds is 9. The van der Waals surface area contributed by atoms with Crippen molar-refractivity contribution >= 4 is 11.6 Å². The first kappa shape index (κ1) is 18.0. The summed E-state index contributed by atoms with van der Waals surface area (Å²) in [5.74, 6) is 1.06. The molecule has 0 aliphatic rings. The van der Waals surface area contributed by atoms with Crippen LogP contribution in [0.15, 0.2) is 36.7 Å². The van der Waals surface area contributed by atoms with E-state index in [-0.39, 0.29) is 0 Å². The van der Waals surface area contributed by atoms with E-state index in [1.54, 1.807) is 7.11 Å². The Morgan fingerprint density at radius 3 is 2.78 bits per heavy atom. The highest BCUT2D eigenvalue weighted by Crippen LogP contribution is 2.20. The SMILES string of the molecule is CC[C@H](C)N(Cc1ccccc1Cl)Cc1nccn1CCOC. The van der Waals surface area contributed by atoms with E-state index in [2.05, 4.69) is 34.4 Å². The van der Waals surface area contributed by atoms with E-state index in [4.69, 9.17) is 16.3 Å². The number of halogens is 1. The lowest BCUT2D eigenvalue weighted by Gasteiger charge is -2.28. The molecule has 5 heteroatoms. The van der Waals surface area contributed by atoms with Gasteiger partial charge in [-0.2, -0.15) is 0 Å². The van der Waals surface area contributed by atoms with Crippen molar-refractivity contribution < 1.29 is 4.74 Å². The third-order valence-electron chi connectivity index (χ3n) is 4.23. The van der Waals surface area contributed by atoms with Crippen molar-refractivity contribution in [1.82, 2.24) is 14.5 Å². The highest BCUT2D eigenvalue weighted by molar-refractivity contribution is 6.31. The van der Waals surface area contributed by atoms with E-state index in [0.717, 1.165) is 42.5 Å². The van der Waals surface area contributed by atoms with Gasteiger partial charge in [0.15, 0.2) is 0 Å². The van der Waals surface area contributed by atoms with Crippen LogP contribution in [0.5, 0.6) is 0 Å². The largest absolute Gasteiger partial charge is 0.383 e. The van der Waals surface area contributed by atoms with Gasteiger partial charge in [-0.05, 0) is 25.0 Å². The molecule has 0 saturated heterocycles. The molecule has 0 bridgehead atoms. The zero-order chi connectivity index (χ0) is 16.7. The molecule has 0 fully saturated rings. The second kappa shape index (κ2) is 9.06. The lowest BCUT2D eigenvalue weighted by atomic mass is 10.1. The summed E-state index contributed by atoms with van der Waals surface area (Å²) >= 11 is 6.33. The van der Waals surface area contributed by atoms with Gasteiger partial charge >= 0.3 is 0 Å². The second-order valence-corrected chi connectivity index (χ2v) is 6.19. The van der Waals surface area contributed by atoms with Crippen LogP contribution in [0.2, 0.25) is 5.02 Å². The van der Waals surface area contributed by atoms with Crippen LogP contribution in [-0.2, 0) is 24.4 Å². The van der Waals surface area contributed by atoms with E-state index < -0.39 is 0 Å². The number of nitrogens with zero attached hydrogens (tertiary/aromatic N) is 3. The molecule has 0 unspecified atom stereocenters. The molecule has 1 heterocycles. The van der Waals surface area contributed by atoms with Crippen LogP contribution in [0, 0.1) is 0 Å². The Kier molecular flexibility index (Phi) is 7.09. The number of aromatic nitrogens is 2. The summed E-state index contributed by atoms with van der Waals surface area (Å²) in [6.45, 7) is 7.60. The first-order chi connectivity index (χ1) is 11.2. The Balaban J connectivity index is 2.13. The Morgan fingerprint density at radius 1 is 1.30 bits per heavy atom. The maximum Gasteiger partial charge on any atom is 0.122 e. The van der Waals surface area contributed by atoms with Crippen molar-refractivity contribution in [2.45, 2.75) is 45.9 Å². The van der Waals surface area contributed by atoms with Crippen molar-refractivity contribution in [3.8, 4) is 0 Å². The topological polar surface area (TPSA) is 30.3 Å². The Bertz CT molecular complexity index is 599. The summed E-state index contributed by atoms with van der Waals surface area (Å²) in [5, 5.41) is 0.823. The van der Waals surface area contributed by atoms with Gasteiger partial charge in [-0.1, -0.05) is 36.7 Å². The molecule has 0 spiro atoms. The fourth-order valence-electron chi connectivity index (χ4n) is 2.54. The van der Waals surface area contributed by atoms with E-state index >= 15 is 0 Å². The third kappa shape index (κ3) is 5.06. The van der Waals surface area contributed by atoms with Crippen molar-refractivity contribution in [2.75, 3.05) is 13.7 Å². The Hall–Kier alpha value is -1.36. The maximum absolute atomic E-state index is 6.33. The molecule has 2 aromatic rings. The molecular weight excluding hydrogens is 310 g/mol. The summed E-state index contributed by atoms with van der Waals surface area (Å²) in [6, 6.07) is 8.51. The smallest absolute Gasteiger partial charge is 0.122 e. The number of hydrogen-bond acceptors (Lipinski definition) is 3. The van der Waals surface area contributed by atoms with Crippen molar-refractivity contribution in [2.24, 2.45) is 0 Å². The standard InChI is InChI=1S/C18H26ClN3O/c1-4-15(2)22(13-16-7-5-6-8-17(16)19)14-18-20-9-10-21(18)11-12-23-3/h5-10,15H,4,11-14H2,1-3H3/t15-/m0/s1. The van der Waals surface area contributed by atoms with E-state index in [9.17, 15) is 0 Å². The molecule has 0 saturated carbocycles. The summed E-state index contributed by atoms with van der Waals surface area (Å²) in [7, 11) is 1.72. The summed E-state index contributed by atoms with van der Waals surface area (Å²) in [5.41, 5.74) is 1.16. The Labute approximate surface area is 144 Å². The number of benzene rings is 1. The van der Waals surface area contributed by atoms with E-state index in [1.165, 1.54) is 0 Å². The predicted molar refractivity (Wildman–Crippen MR) is 94.6 cm³/mol. The van der Waals surface area contributed by atoms with Gasteiger partial charge in [0, 0.05) is 43.7 Å². The van der Waals surface area contributed by atoms with Gasteiger partial charge in [-0.15, -0.1) is 0 Å². The van der Waals surface area contributed by atoms with Crippen LogP contribution in [0.3, 0.4) is 0 Å². The summed E-state index contributed by atoms with van der Waals surface area (Å²) in [4.78, 5) is 6.95. The fourth-order valence-corrected chi connectivity index (χ4v) is 2.73. The van der Waals surface area contributed by atoms with Gasteiger partial charge in [0.25, 0.3) is 0 Å². The molecule has 0 N–H and O–H groups in total. The lowest BCUT2D eigenvalue weighted by Crippen LogP contribution is -2.33. The molecular formula is C18H26ClN3O. The highest BCUT2D eigenvalue weighted by atomic mass is 35.5. The number of methoxy groups -OCH3 is 1. The van der Waals surface area contributed by atoms with Crippen LogP contribution in [0.4, 0.5) is 0 Å². The molecule has 126 valence electrons. The molecule has 0 radical (unpaired) electrons. The van der Waals surface area contributed by atoms with Crippen molar-refractivity contribution in [1.29, 1.82) is 0 Å². The van der Waals surface area contributed by atoms with Gasteiger partial charge in [-0.3, -0.25) is 4.90 Å². The fraction of sp³-hybridized carbons (Fsp3) is 0.500. The number of imidazole rings is 1. The van der Waals surface area contributed by atoms with Gasteiger partial charge in [-0.25, -0.2) is 4.98 Å². The first-order valence-corrected chi connectivity index (χ1v) is 8.49. The Morgan fingerprint density at radius 2 is 2.09 bits per heavy atom. The summed E-state index contributed by atoms with van der Waals surface area (Å²) in [6.07, 6.45) is 4.96. The molecule has 1 aromatic carbocycles. The second-order valence-electron chi connectivity index (χ2n) is 5.78. The highest BCUT2D eigenvalue weighted by Gasteiger charge is 2.17.